The highest BCUT2D eigenvalue weighted by Crippen LogP contribution is 2.27. The summed E-state index contributed by atoms with van der Waals surface area (Å²) in [6.07, 6.45) is 0. The van der Waals surface area contributed by atoms with Gasteiger partial charge < -0.3 is 15.2 Å². The number of amides is 1. The van der Waals surface area contributed by atoms with Crippen LogP contribution in [-0.2, 0) is 0 Å². The number of hydrogen-bond donors (Lipinski definition) is 2. The summed E-state index contributed by atoms with van der Waals surface area (Å²) in [4.78, 5) is 23.2. The number of hydrogen-bond acceptors (Lipinski definition) is 4. The summed E-state index contributed by atoms with van der Waals surface area (Å²) in [7, 11) is 1.37. The van der Waals surface area contributed by atoms with E-state index in [-0.39, 0.29) is 10.6 Å². The van der Waals surface area contributed by atoms with Crippen LogP contribution in [0.2, 0.25) is 0 Å². The summed E-state index contributed by atoms with van der Waals surface area (Å²) in [5, 5.41) is 12.8. The van der Waals surface area contributed by atoms with Crippen LogP contribution in [0.15, 0.2) is 23.6 Å². The van der Waals surface area contributed by atoms with Gasteiger partial charge in [0.25, 0.3) is 5.91 Å². The highest BCUT2D eigenvalue weighted by molar-refractivity contribution is 7.12. The number of nitrogens with one attached hydrogen (secondary N) is 1. The summed E-state index contributed by atoms with van der Waals surface area (Å²) in [6.45, 7) is 0. The molecule has 0 spiro atoms. The number of carbonyl (C=O) groups excluding carboxylic acids is 1. The molecule has 0 aliphatic heterocycles. The van der Waals surface area contributed by atoms with Crippen molar-refractivity contribution < 1.29 is 28.2 Å². The summed E-state index contributed by atoms with van der Waals surface area (Å²) < 4.78 is 31.3. The van der Waals surface area contributed by atoms with Gasteiger partial charge in [0.05, 0.1) is 18.4 Å². The lowest BCUT2D eigenvalue weighted by Crippen LogP contribution is -2.15. The molecule has 0 saturated carbocycles. The number of rotatable bonds is 4. The van der Waals surface area contributed by atoms with Crippen LogP contribution in [0, 0.1) is 11.6 Å². The van der Waals surface area contributed by atoms with E-state index in [4.69, 9.17) is 9.84 Å². The van der Waals surface area contributed by atoms with Crippen molar-refractivity contribution in [2.45, 2.75) is 0 Å². The Kier molecular flexibility index (Phi) is 4.18. The molecule has 0 aliphatic carbocycles. The van der Waals surface area contributed by atoms with Gasteiger partial charge in [-0.15, -0.1) is 11.3 Å². The second-order valence-electron chi connectivity index (χ2n) is 3.89. The summed E-state index contributed by atoms with van der Waals surface area (Å²) in [6, 6.07) is 2.69. The van der Waals surface area contributed by atoms with Crippen LogP contribution in [0.1, 0.15) is 20.0 Å². The fourth-order valence-corrected chi connectivity index (χ4v) is 2.38. The van der Waals surface area contributed by atoms with E-state index in [0.29, 0.717) is 17.9 Å². The fraction of sp³-hybridized carbons (Fsp3) is 0.0769. The molecule has 0 unspecified atom stereocenters. The third-order valence-electron chi connectivity index (χ3n) is 2.59. The average molecular weight is 313 g/mol. The van der Waals surface area contributed by atoms with Crippen molar-refractivity contribution in [2.75, 3.05) is 12.4 Å². The third-order valence-corrected chi connectivity index (χ3v) is 3.49. The van der Waals surface area contributed by atoms with E-state index in [1.165, 1.54) is 7.11 Å². The van der Waals surface area contributed by atoms with Crippen molar-refractivity contribution in [1.82, 2.24) is 0 Å². The molecule has 0 aliphatic rings. The number of methoxy groups -OCH3 is 1. The van der Waals surface area contributed by atoms with Crippen LogP contribution in [0.5, 0.6) is 5.75 Å². The highest BCUT2D eigenvalue weighted by Gasteiger charge is 2.20. The minimum Gasteiger partial charge on any atom is -0.495 e. The Labute approximate surface area is 121 Å². The van der Waals surface area contributed by atoms with Crippen molar-refractivity contribution in [3.63, 3.8) is 0 Å². The molecule has 110 valence electrons. The van der Waals surface area contributed by atoms with Gasteiger partial charge in [-0.2, -0.15) is 0 Å². The van der Waals surface area contributed by atoms with Gasteiger partial charge in [-0.25, -0.2) is 13.6 Å². The number of thiophene rings is 1. The van der Waals surface area contributed by atoms with E-state index in [9.17, 15) is 18.4 Å². The largest absolute Gasteiger partial charge is 0.495 e. The van der Waals surface area contributed by atoms with Crippen LogP contribution >= 0.6 is 11.3 Å². The second-order valence-corrected chi connectivity index (χ2v) is 4.81. The monoisotopic (exact) mass is 313 g/mol. The van der Waals surface area contributed by atoms with Gasteiger partial charge >= 0.3 is 5.97 Å². The van der Waals surface area contributed by atoms with E-state index >= 15 is 0 Å². The molecule has 1 aromatic carbocycles. The molecule has 0 saturated heterocycles. The molecule has 1 heterocycles. The standard InChI is InChI=1S/C13H9F2NO4S/c1-20-10-2-3-21-11(10)12(17)16-9-5-8(15)7(14)4-6(9)13(18)19/h2-5H,1H3,(H,16,17)(H,18,19). The normalized spacial score (nSPS) is 10.2. The molecule has 5 nitrogen and oxygen atoms in total. The van der Waals surface area contributed by atoms with Crippen molar-refractivity contribution in [1.29, 1.82) is 0 Å². The third kappa shape index (κ3) is 3.00. The first kappa shape index (κ1) is 14.9. The molecule has 8 heteroatoms. The van der Waals surface area contributed by atoms with Crippen molar-refractivity contribution in [2.24, 2.45) is 0 Å². The summed E-state index contributed by atoms with van der Waals surface area (Å²) in [5.41, 5.74) is -0.875. The Balaban J connectivity index is 2.37. The summed E-state index contributed by atoms with van der Waals surface area (Å²) >= 11 is 1.07. The van der Waals surface area contributed by atoms with Gasteiger partial charge in [0.15, 0.2) is 11.6 Å². The maximum atomic E-state index is 13.2. The van der Waals surface area contributed by atoms with Crippen molar-refractivity contribution in [3.05, 3.63) is 45.7 Å². The first-order valence-electron chi connectivity index (χ1n) is 5.59. The molecule has 2 N–H and O–H groups in total. The number of anilines is 1. The zero-order chi connectivity index (χ0) is 15.6. The van der Waals surface area contributed by atoms with Crippen LogP contribution in [-0.4, -0.2) is 24.1 Å². The fourth-order valence-electron chi connectivity index (χ4n) is 1.63. The predicted molar refractivity (Wildman–Crippen MR) is 72.1 cm³/mol. The van der Waals surface area contributed by atoms with Crippen LogP contribution in [0.4, 0.5) is 14.5 Å². The first-order chi connectivity index (χ1) is 9.93. The van der Waals surface area contributed by atoms with Gasteiger partial charge in [-0.1, -0.05) is 0 Å². The minimum absolute atomic E-state index is 0.193. The average Bonchev–Trinajstić information content (AvgIpc) is 2.90. The minimum atomic E-state index is -1.48. The van der Waals surface area contributed by atoms with Crippen molar-refractivity contribution in [3.8, 4) is 5.75 Å². The molecular weight excluding hydrogens is 304 g/mol. The van der Waals surface area contributed by atoms with E-state index in [1.807, 2.05) is 0 Å². The number of aromatic carboxylic acids is 1. The number of carboxylic acid groups (broad SMARTS) is 1. The Morgan fingerprint density at radius 1 is 1.29 bits per heavy atom. The number of benzene rings is 1. The maximum Gasteiger partial charge on any atom is 0.337 e. The molecule has 0 radical (unpaired) electrons. The number of carbonyl (C=O) groups is 2. The second kappa shape index (κ2) is 5.88. The van der Waals surface area contributed by atoms with Gasteiger partial charge in [0.1, 0.15) is 10.6 Å². The lowest BCUT2D eigenvalue weighted by atomic mass is 10.1. The highest BCUT2D eigenvalue weighted by atomic mass is 32.1. The maximum absolute atomic E-state index is 13.2. The molecule has 0 bridgehead atoms. The lowest BCUT2D eigenvalue weighted by Gasteiger charge is -2.09. The molecule has 0 atom stereocenters. The zero-order valence-electron chi connectivity index (χ0n) is 10.6. The predicted octanol–water partition coefficient (Wildman–Crippen LogP) is 2.99. The topological polar surface area (TPSA) is 75.6 Å². The molecule has 1 aromatic heterocycles. The first-order valence-corrected chi connectivity index (χ1v) is 6.47. The zero-order valence-corrected chi connectivity index (χ0v) is 11.5. The van der Waals surface area contributed by atoms with Gasteiger partial charge in [-0.05, 0) is 17.5 Å². The van der Waals surface area contributed by atoms with E-state index in [0.717, 1.165) is 11.3 Å². The lowest BCUT2D eigenvalue weighted by molar-refractivity contribution is 0.0697. The molecular formula is C13H9F2NO4S. The van der Waals surface area contributed by atoms with Gasteiger partial charge in [0.2, 0.25) is 0 Å². The quantitative estimate of drug-likeness (QED) is 0.910. The van der Waals surface area contributed by atoms with Gasteiger partial charge in [-0.3, -0.25) is 4.79 Å². The van der Waals surface area contributed by atoms with E-state index in [2.05, 4.69) is 5.32 Å². The Hall–Kier alpha value is -2.48. The van der Waals surface area contributed by atoms with Crippen LogP contribution in [0.3, 0.4) is 0 Å². The molecule has 21 heavy (non-hydrogen) atoms. The van der Waals surface area contributed by atoms with E-state index in [1.54, 1.807) is 11.4 Å². The Bertz CT molecular complexity index is 714. The molecule has 1 amide bonds. The number of carboxylic acids is 1. The van der Waals surface area contributed by atoms with Crippen LogP contribution < -0.4 is 10.1 Å². The van der Waals surface area contributed by atoms with Gasteiger partial charge in [0, 0.05) is 6.07 Å². The van der Waals surface area contributed by atoms with E-state index < -0.39 is 29.1 Å². The SMILES string of the molecule is COc1ccsc1C(=O)Nc1cc(F)c(F)cc1C(=O)O. The molecule has 2 aromatic rings. The molecule has 0 fully saturated rings. The Morgan fingerprint density at radius 2 is 1.95 bits per heavy atom. The smallest absolute Gasteiger partial charge is 0.337 e. The van der Waals surface area contributed by atoms with Crippen LogP contribution in [0.25, 0.3) is 0 Å². The number of halogens is 2. The molecule has 2 rings (SSSR count). The van der Waals surface area contributed by atoms with Crippen molar-refractivity contribution >= 4 is 28.9 Å². The summed E-state index contributed by atoms with van der Waals surface area (Å²) in [5.74, 6) is -4.41. The Morgan fingerprint density at radius 3 is 2.57 bits per heavy atom. The number of ether oxygens (including phenoxy) is 1.